The van der Waals surface area contributed by atoms with E-state index in [9.17, 15) is 13.2 Å². The Kier molecular flexibility index (Phi) is 4.73. The van der Waals surface area contributed by atoms with Crippen molar-refractivity contribution in [1.82, 2.24) is 15.0 Å². The van der Waals surface area contributed by atoms with Crippen molar-refractivity contribution in [2.45, 2.75) is 19.0 Å². The van der Waals surface area contributed by atoms with Gasteiger partial charge in [0.1, 0.15) is 0 Å². The number of nitrogens with one attached hydrogen (secondary N) is 1. The fourth-order valence-electron chi connectivity index (χ4n) is 0.991. The molecule has 17 heavy (non-hydrogen) atoms. The molecule has 0 spiro atoms. The molecular weight excluding hydrogens is 261 g/mol. The van der Waals surface area contributed by atoms with Gasteiger partial charge in [0.05, 0.1) is 7.11 Å². The van der Waals surface area contributed by atoms with Crippen LogP contribution in [0.3, 0.4) is 0 Å². The van der Waals surface area contributed by atoms with Crippen LogP contribution >= 0.6 is 11.6 Å². The van der Waals surface area contributed by atoms with Crippen molar-refractivity contribution in [3.8, 4) is 6.01 Å². The summed E-state index contributed by atoms with van der Waals surface area (Å²) in [5, 5.41) is 2.52. The van der Waals surface area contributed by atoms with Gasteiger partial charge in [-0.3, -0.25) is 0 Å². The molecule has 0 saturated carbocycles. The number of alkyl halides is 3. The van der Waals surface area contributed by atoms with E-state index in [-0.39, 0.29) is 30.2 Å². The van der Waals surface area contributed by atoms with Crippen LogP contribution in [-0.4, -0.2) is 34.8 Å². The standard InChI is InChI=1S/C8H10ClF3N4O/c1-17-7-15-5(9)14-6(16-7)13-4-2-3-8(10,11)12/h2-4H2,1H3,(H,13,14,15,16). The molecule has 1 N–H and O–H groups in total. The predicted octanol–water partition coefficient (Wildman–Crippen LogP) is 2.29. The molecule has 0 unspecified atom stereocenters. The largest absolute Gasteiger partial charge is 0.467 e. The number of anilines is 1. The zero-order chi connectivity index (χ0) is 12.9. The lowest BCUT2D eigenvalue weighted by Gasteiger charge is -2.07. The van der Waals surface area contributed by atoms with Gasteiger partial charge in [-0.1, -0.05) is 0 Å². The van der Waals surface area contributed by atoms with Gasteiger partial charge >= 0.3 is 12.2 Å². The zero-order valence-electron chi connectivity index (χ0n) is 8.88. The van der Waals surface area contributed by atoms with Crippen LogP contribution in [0.5, 0.6) is 6.01 Å². The number of aromatic nitrogens is 3. The van der Waals surface area contributed by atoms with Gasteiger partial charge in [-0.2, -0.15) is 28.1 Å². The number of nitrogens with zero attached hydrogens (tertiary/aromatic N) is 3. The van der Waals surface area contributed by atoms with E-state index in [0.717, 1.165) is 0 Å². The van der Waals surface area contributed by atoms with Crippen molar-refractivity contribution >= 4 is 17.5 Å². The summed E-state index contributed by atoms with van der Waals surface area (Å²) in [6, 6.07) is 0.00308. The van der Waals surface area contributed by atoms with Crippen LogP contribution in [0.1, 0.15) is 12.8 Å². The first-order chi connectivity index (χ1) is 7.90. The van der Waals surface area contributed by atoms with Gasteiger partial charge in [-0.05, 0) is 18.0 Å². The van der Waals surface area contributed by atoms with Crippen molar-refractivity contribution in [2.24, 2.45) is 0 Å². The number of hydrogen-bond donors (Lipinski definition) is 1. The molecule has 1 aromatic heterocycles. The number of ether oxygens (including phenoxy) is 1. The van der Waals surface area contributed by atoms with E-state index in [4.69, 9.17) is 16.3 Å². The highest BCUT2D eigenvalue weighted by atomic mass is 35.5. The third-order valence-corrected chi connectivity index (χ3v) is 1.86. The number of rotatable bonds is 5. The summed E-state index contributed by atoms with van der Waals surface area (Å²) in [7, 11) is 1.35. The minimum atomic E-state index is -4.16. The minimum Gasteiger partial charge on any atom is -0.467 e. The maximum atomic E-state index is 11.9. The second-order valence-electron chi connectivity index (χ2n) is 3.06. The van der Waals surface area contributed by atoms with Crippen LogP contribution in [0.15, 0.2) is 0 Å². The van der Waals surface area contributed by atoms with E-state index >= 15 is 0 Å². The van der Waals surface area contributed by atoms with Gasteiger partial charge in [0.15, 0.2) is 0 Å². The molecule has 0 bridgehead atoms. The third-order valence-electron chi connectivity index (χ3n) is 1.69. The molecule has 0 amide bonds. The van der Waals surface area contributed by atoms with Crippen LogP contribution in [0.25, 0.3) is 0 Å². The number of halogens is 4. The Balaban J connectivity index is 2.44. The van der Waals surface area contributed by atoms with E-state index in [1.54, 1.807) is 0 Å². The van der Waals surface area contributed by atoms with E-state index in [1.807, 2.05) is 0 Å². The van der Waals surface area contributed by atoms with Crippen LogP contribution in [0.2, 0.25) is 5.28 Å². The molecule has 5 nitrogen and oxygen atoms in total. The average molecular weight is 271 g/mol. The molecule has 0 aliphatic rings. The highest BCUT2D eigenvalue weighted by Gasteiger charge is 2.25. The van der Waals surface area contributed by atoms with Gasteiger partial charge in [-0.25, -0.2) is 0 Å². The second kappa shape index (κ2) is 5.85. The zero-order valence-corrected chi connectivity index (χ0v) is 9.64. The molecule has 1 aromatic rings. The number of hydrogen-bond acceptors (Lipinski definition) is 5. The first-order valence-electron chi connectivity index (χ1n) is 4.67. The monoisotopic (exact) mass is 270 g/mol. The Hall–Kier alpha value is -1.31. The SMILES string of the molecule is COc1nc(Cl)nc(NCCCC(F)(F)F)n1. The maximum Gasteiger partial charge on any atom is 0.389 e. The topological polar surface area (TPSA) is 59.9 Å². The molecule has 0 fully saturated rings. The third kappa shape index (κ3) is 5.53. The summed E-state index contributed by atoms with van der Waals surface area (Å²) >= 11 is 5.55. The van der Waals surface area contributed by atoms with Crippen molar-refractivity contribution < 1.29 is 17.9 Å². The lowest BCUT2D eigenvalue weighted by atomic mass is 10.3. The van der Waals surface area contributed by atoms with Crippen LogP contribution in [-0.2, 0) is 0 Å². The van der Waals surface area contributed by atoms with E-state index in [2.05, 4.69) is 20.3 Å². The fraction of sp³-hybridized carbons (Fsp3) is 0.625. The Bertz CT molecular complexity index is 374. The van der Waals surface area contributed by atoms with Crippen LogP contribution < -0.4 is 10.1 Å². The van der Waals surface area contributed by atoms with E-state index in [0.29, 0.717) is 0 Å². The van der Waals surface area contributed by atoms with Crippen molar-refractivity contribution in [3.05, 3.63) is 5.28 Å². The van der Waals surface area contributed by atoms with Crippen molar-refractivity contribution in [1.29, 1.82) is 0 Å². The molecule has 0 saturated heterocycles. The molecule has 9 heteroatoms. The highest BCUT2D eigenvalue weighted by Crippen LogP contribution is 2.21. The second-order valence-corrected chi connectivity index (χ2v) is 3.40. The minimum absolute atomic E-state index is 0.00308. The Morgan fingerprint density at radius 1 is 1.29 bits per heavy atom. The van der Waals surface area contributed by atoms with E-state index in [1.165, 1.54) is 7.11 Å². The Morgan fingerprint density at radius 3 is 2.59 bits per heavy atom. The Labute approximate surface area is 100 Å². The Morgan fingerprint density at radius 2 is 2.00 bits per heavy atom. The summed E-state index contributed by atoms with van der Waals surface area (Å²) in [6.07, 6.45) is -5.10. The molecule has 0 atom stereocenters. The molecule has 1 heterocycles. The summed E-state index contributed by atoms with van der Waals surface area (Å²) in [6.45, 7) is 0.0863. The summed E-state index contributed by atoms with van der Waals surface area (Å²) in [5.41, 5.74) is 0. The predicted molar refractivity (Wildman–Crippen MR) is 55.2 cm³/mol. The molecular formula is C8H10ClF3N4O. The van der Waals surface area contributed by atoms with Gasteiger partial charge in [0, 0.05) is 13.0 Å². The molecule has 0 aromatic carbocycles. The molecule has 0 radical (unpaired) electrons. The van der Waals surface area contributed by atoms with E-state index < -0.39 is 12.6 Å². The summed E-state index contributed by atoms with van der Waals surface area (Å²) in [4.78, 5) is 11.1. The van der Waals surface area contributed by atoms with Crippen LogP contribution in [0.4, 0.5) is 19.1 Å². The lowest BCUT2D eigenvalue weighted by Crippen LogP contribution is -2.12. The molecule has 0 aliphatic carbocycles. The van der Waals surface area contributed by atoms with Gasteiger partial charge in [0.2, 0.25) is 11.2 Å². The average Bonchev–Trinajstić information content (AvgIpc) is 2.22. The first kappa shape index (κ1) is 13.8. The normalized spacial score (nSPS) is 11.4. The number of methoxy groups -OCH3 is 1. The van der Waals surface area contributed by atoms with Gasteiger partial charge < -0.3 is 10.1 Å². The fourth-order valence-corrected chi connectivity index (χ4v) is 1.14. The van der Waals surface area contributed by atoms with Crippen molar-refractivity contribution in [2.75, 3.05) is 19.0 Å². The summed E-state index contributed by atoms with van der Waals surface area (Å²) in [5.74, 6) is 0.0871. The first-order valence-corrected chi connectivity index (χ1v) is 5.05. The van der Waals surface area contributed by atoms with Crippen molar-refractivity contribution in [3.63, 3.8) is 0 Å². The molecule has 0 aliphatic heterocycles. The maximum absolute atomic E-state index is 11.9. The molecule has 96 valence electrons. The van der Waals surface area contributed by atoms with Gasteiger partial charge in [0.25, 0.3) is 0 Å². The summed E-state index contributed by atoms with van der Waals surface area (Å²) < 4.78 is 40.3. The molecule has 1 rings (SSSR count). The van der Waals surface area contributed by atoms with Crippen LogP contribution in [0, 0.1) is 0 Å². The highest BCUT2D eigenvalue weighted by molar-refractivity contribution is 6.28. The lowest BCUT2D eigenvalue weighted by molar-refractivity contribution is -0.134. The quantitative estimate of drug-likeness (QED) is 0.832. The van der Waals surface area contributed by atoms with Gasteiger partial charge in [-0.15, -0.1) is 0 Å². The smallest absolute Gasteiger partial charge is 0.389 e.